The molecule has 3 aliphatic heterocycles. The van der Waals surface area contributed by atoms with E-state index in [2.05, 4.69) is 9.80 Å². The minimum Gasteiger partial charge on any atom is -0.379 e. The van der Waals surface area contributed by atoms with Gasteiger partial charge in [0.2, 0.25) is 11.8 Å². The topological polar surface area (TPSA) is 56.3 Å². The summed E-state index contributed by atoms with van der Waals surface area (Å²) >= 11 is 0. The van der Waals surface area contributed by atoms with Gasteiger partial charge in [0.1, 0.15) is 0 Å². The number of ether oxygens (including phenoxy) is 1. The van der Waals surface area contributed by atoms with Gasteiger partial charge in [-0.3, -0.25) is 19.4 Å². The minimum absolute atomic E-state index is 0.0791. The summed E-state index contributed by atoms with van der Waals surface area (Å²) in [6, 6.07) is -0.0791. The van der Waals surface area contributed by atoms with Gasteiger partial charge in [0.15, 0.2) is 0 Å². The SMILES string of the molecule is CC(C(=O)N1CCCCCC1)N1CCN(C(=O)CN2CCOCC2)CC1. The Morgan fingerprint density at radius 1 is 0.808 bits per heavy atom. The van der Waals surface area contributed by atoms with E-state index in [-0.39, 0.29) is 17.9 Å². The van der Waals surface area contributed by atoms with Gasteiger partial charge in [0.05, 0.1) is 25.8 Å². The number of piperazine rings is 1. The third-order valence-electron chi connectivity index (χ3n) is 5.95. The number of rotatable bonds is 4. The molecule has 0 saturated carbocycles. The Morgan fingerprint density at radius 2 is 1.42 bits per heavy atom. The van der Waals surface area contributed by atoms with Crippen LogP contribution < -0.4 is 0 Å². The molecule has 0 bridgehead atoms. The van der Waals surface area contributed by atoms with Crippen LogP contribution in [0.5, 0.6) is 0 Å². The molecule has 0 aromatic heterocycles. The zero-order chi connectivity index (χ0) is 18.4. The van der Waals surface area contributed by atoms with E-state index in [1.54, 1.807) is 0 Å². The van der Waals surface area contributed by atoms with Crippen molar-refractivity contribution in [3.63, 3.8) is 0 Å². The average Bonchev–Trinajstić information content (AvgIpc) is 2.97. The van der Waals surface area contributed by atoms with Crippen LogP contribution in [-0.4, -0.2) is 110 Å². The van der Waals surface area contributed by atoms with E-state index < -0.39 is 0 Å². The molecule has 3 saturated heterocycles. The standard InChI is InChI=1S/C19H34N4O3/c1-17(19(25)23-6-4-2-3-5-7-23)21-8-10-22(11-9-21)18(24)16-20-12-14-26-15-13-20/h17H,2-16H2,1H3. The second-order valence-corrected chi connectivity index (χ2v) is 7.72. The van der Waals surface area contributed by atoms with Crippen molar-refractivity contribution in [1.82, 2.24) is 19.6 Å². The molecule has 1 atom stereocenters. The molecule has 0 aliphatic carbocycles. The highest BCUT2D eigenvalue weighted by atomic mass is 16.5. The fraction of sp³-hybridized carbons (Fsp3) is 0.895. The lowest BCUT2D eigenvalue weighted by molar-refractivity contribution is -0.139. The molecule has 7 heteroatoms. The van der Waals surface area contributed by atoms with E-state index >= 15 is 0 Å². The smallest absolute Gasteiger partial charge is 0.239 e. The normalized spacial score (nSPS) is 25.0. The summed E-state index contributed by atoms with van der Waals surface area (Å²) in [6.07, 6.45) is 4.73. The summed E-state index contributed by atoms with van der Waals surface area (Å²) in [5.41, 5.74) is 0. The molecule has 148 valence electrons. The van der Waals surface area contributed by atoms with E-state index in [0.717, 1.165) is 78.4 Å². The van der Waals surface area contributed by atoms with Crippen molar-refractivity contribution in [2.75, 3.05) is 72.1 Å². The van der Waals surface area contributed by atoms with Crippen molar-refractivity contribution in [3.05, 3.63) is 0 Å². The molecule has 1 unspecified atom stereocenters. The van der Waals surface area contributed by atoms with Crippen LogP contribution in [0.15, 0.2) is 0 Å². The highest BCUT2D eigenvalue weighted by molar-refractivity contribution is 5.81. The number of morpholine rings is 1. The molecule has 0 aromatic rings. The lowest BCUT2D eigenvalue weighted by atomic mass is 10.2. The Hall–Kier alpha value is -1.18. The summed E-state index contributed by atoms with van der Waals surface area (Å²) in [4.78, 5) is 33.7. The maximum Gasteiger partial charge on any atom is 0.239 e. The van der Waals surface area contributed by atoms with E-state index in [4.69, 9.17) is 4.74 Å². The van der Waals surface area contributed by atoms with Crippen molar-refractivity contribution >= 4 is 11.8 Å². The largest absolute Gasteiger partial charge is 0.379 e. The highest BCUT2D eigenvalue weighted by Crippen LogP contribution is 2.14. The van der Waals surface area contributed by atoms with Gasteiger partial charge in [-0.2, -0.15) is 0 Å². The Balaban J connectivity index is 1.43. The molecule has 2 amide bonds. The molecule has 0 N–H and O–H groups in total. The number of likely N-dealkylation sites (tertiary alicyclic amines) is 1. The summed E-state index contributed by atoms with van der Waals surface area (Å²) < 4.78 is 5.34. The van der Waals surface area contributed by atoms with Crippen molar-refractivity contribution in [2.45, 2.75) is 38.6 Å². The lowest BCUT2D eigenvalue weighted by Gasteiger charge is -2.39. The van der Waals surface area contributed by atoms with Gasteiger partial charge < -0.3 is 14.5 Å². The van der Waals surface area contributed by atoms with Gasteiger partial charge in [-0.05, 0) is 19.8 Å². The molecule has 3 fully saturated rings. The first-order valence-corrected chi connectivity index (χ1v) is 10.3. The van der Waals surface area contributed by atoms with Crippen molar-refractivity contribution in [1.29, 1.82) is 0 Å². The minimum atomic E-state index is -0.0791. The number of hydrogen-bond acceptors (Lipinski definition) is 5. The predicted molar refractivity (Wildman–Crippen MR) is 99.9 cm³/mol. The van der Waals surface area contributed by atoms with E-state index in [1.165, 1.54) is 12.8 Å². The van der Waals surface area contributed by atoms with E-state index in [9.17, 15) is 9.59 Å². The molecule has 0 aromatic carbocycles. The fourth-order valence-electron chi connectivity index (χ4n) is 4.12. The van der Waals surface area contributed by atoms with Gasteiger partial charge in [0.25, 0.3) is 0 Å². The molecule has 0 radical (unpaired) electrons. The molecule has 3 aliphatic rings. The number of amides is 2. The molecular formula is C19H34N4O3. The zero-order valence-electron chi connectivity index (χ0n) is 16.2. The van der Waals surface area contributed by atoms with Gasteiger partial charge in [-0.15, -0.1) is 0 Å². The molecule has 3 heterocycles. The van der Waals surface area contributed by atoms with Crippen LogP contribution in [0.3, 0.4) is 0 Å². The van der Waals surface area contributed by atoms with Gasteiger partial charge in [0, 0.05) is 52.4 Å². The molecule has 3 rings (SSSR count). The Kier molecular flexibility index (Phi) is 7.28. The van der Waals surface area contributed by atoms with Crippen LogP contribution in [-0.2, 0) is 14.3 Å². The molecule has 26 heavy (non-hydrogen) atoms. The van der Waals surface area contributed by atoms with E-state index in [1.807, 2.05) is 16.7 Å². The van der Waals surface area contributed by atoms with Crippen molar-refractivity contribution in [3.8, 4) is 0 Å². The van der Waals surface area contributed by atoms with Crippen LogP contribution in [0.1, 0.15) is 32.6 Å². The van der Waals surface area contributed by atoms with Crippen LogP contribution in [0.25, 0.3) is 0 Å². The first-order chi connectivity index (χ1) is 12.6. The second kappa shape index (κ2) is 9.67. The summed E-state index contributed by atoms with van der Waals surface area (Å²) in [5.74, 6) is 0.470. The van der Waals surface area contributed by atoms with Gasteiger partial charge in [-0.25, -0.2) is 0 Å². The second-order valence-electron chi connectivity index (χ2n) is 7.72. The Morgan fingerprint density at radius 3 is 2.04 bits per heavy atom. The number of carbonyl (C=O) groups is 2. The van der Waals surface area contributed by atoms with Crippen LogP contribution in [0.4, 0.5) is 0 Å². The Labute approximate surface area is 157 Å². The summed E-state index contributed by atoms with van der Waals surface area (Å²) in [6.45, 7) is 10.5. The third kappa shape index (κ3) is 5.18. The average molecular weight is 367 g/mol. The monoisotopic (exact) mass is 366 g/mol. The summed E-state index contributed by atoms with van der Waals surface area (Å²) in [7, 11) is 0. The molecular weight excluding hydrogens is 332 g/mol. The van der Waals surface area contributed by atoms with Crippen LogP contribution in [0, 0.1) is 0 Å². The zero-order valence-corrected chi connectivity index (χ0v) is 16.2. The van der Waals surface area contributed by atoms with Crippen molar-refractivity contribution in [2.24, 2.45) is 0 Å². The summed E-state index contributed by atoms with van der Waals surface area (Å²) in [5, 5.41) is 0. The number of nitrogens with zero attached hydrogens (tertiary/aromatic N) is 4. The molecule has 7 nitrogen and oxygen atoms in total. The van der Waals surface area contributed by atoms with Gasteiger partial charge >= 0.3 is 0 Å². The van der Waals surface area contributed by atoms with Crippen LogP contribution >= 0.6 is 0 Å². The highest BCUT2D eigenvalue weighted by Gasteiger charge is 2.30. The van der Waals surface area contributed by atoms with Crippen molar-refractivity contribution < 1.29 is 14.3 Å². The molecule has 0 spiro atoms. The quantitative estimate of drug-likeness (QED) is 0.714. The predicted octanol–water partition coefficient (Wildman–Crippen LogP) is 0.254. The number of carbonyl (C=O) groups excluding carboxylic acids is 2. The van der Waals surface area contributed by atoms with Crippen LogP contribution in [0.2, 0.25) is 0 Å². The number of hydrogen-bond donors (Lipinski definition) is 0. The van der Waals surface area contributed by atoms with E-state index in [0.29, 0.717) is 6.54 Å². The lowest BCUT2D eigenvalue weighted by Crippen LogP contribution is -2.57. The fourth-order valence-corrected chi connectivity index (χ4v) is 4.12. The Bertz CT molecular complexity index is 465. The third-order valence-corrected chi connectivity index (χ3v) is 5.95. The maximum absolute atomic E-state index is 12.8. The maximum atomic E-state index is 12.8. The van der Waals surface area contributed by atoms with Gasteiger partial charge in [-0.1, -0.05) is 12.8 Å². The first-order valence-electron chi connectivity index (χ1n) is 10.3. The first kappa shape index (κ1) is 19.6.